The van der Waals surface area contributed by atoms with Crippen LogP contribution in [0.3, 0.4) is 0 Å². The zero-order valence-electron chi connectivity index (χ0n) is 13.3. The highest BCUT2D eigenvalue weighted by molar-refractivity contribution is 5.15. The molecule has 1 rings (SSSR count). The number of aliphatic hydroxyl groups is 2. The summed E-state index contributed by atoms with van der Waals surface area (Å²) in [6.45, 7) is 8.00. The van der Waals surface area contributed by atoms with Crippen LogP contribution in [0.1, 0.15) is 64.8 Å². The standard InChI is InChI=1S/C17H29NO2/c1-5-16(19,6-2)12-14-10-9-11-15(18-14)13-17(20,7-3)8-4/h9-11,19-20H,5-8,12-13H2,1-4H3. The van der Waals surface area contributed by atoms with Gasteiger partial charge in [0.1, 0.15) is 0 Å². The third-order valence-electron chi connectivity index (χ3n) is 4.52. The van der Waals surface area contributed by atoms with Crippen molar-refractivity contribution in [2.24, 2.45) is 0 Å². The summed E-state index contributed by atoms with van der Waals surface area (Å²) in [6, 6.07) is 5.88. The molecule has 3 heteroatoms. The van der Waals surface area contributed by atoms with Gasteiger partial charge in [0.25, 0.3) is 0 Å². The van der Waals surface area contributed by atoms with Gasteiger partial charge in [0, 0.05) is 24.2 Å². The molecule has 0 aromatic carbocycles. The molecule has 0 fully saturated rings. The minimum atomic E-state index is -0.669. The molecule has 0 bridgehead atoms. The second-order valence-corrected chi connectivity index (χ2v) is 5.84. The van der Waals surface area contributed by atoms with Crippen molar-refractivity contribution in [2.45, 2.75) is 77.4 Å². The molecule has 1 heterocycles. The molecule has 2 N–H and O–H groups in total. The van der Waals surface area contributed by atoms with E-state index in [2.05, 4.69) is 4.98 Å². The van der Waals surface area contributed by atoms with Gasteiger partial charge in [0.2, 0.25) is 0 Å². The summed E-state index contributed by atoms with van der Waals surface area (Å²) in [5.74, 6) is 0. The average molecular weight is 279 g/mol. The normalized spacial score (nSPS) is 12.7. The number of hydrogen-bond acceptors (Lipinski definition) is 3. The van der Waals surface area contributed by atoms with Crippen LogP contribution < -0.4 is 0 Å². The molecule has 0 radical (unpaired) electrons. The predicted molar refractivity (Wildman–Crippen MR) is 82.7 cm³/mol. The van der Waals surface area contributed by atoms with Crippen molar-refractivity contribution in [3.8, 4) is 0 Å². The minimum Gasteiger partial charge on any atom is -0.390 e. The Balaban J connectivity index is 2.86. The number of aromatic nitrogens is 1. The molecule has 0 spiro atoms. The lowest BCUT2D eigenvalue weighted by Gasteiger charge is -2.26. The van der Waals surface area contributed by atoms with Gasteiger partial charge in [0.05, 0.1) is 11.2 Å². The second-order valence-electron chi connectivity index (χ2n) is 5.84. The molecule has 0 atom stereocenters. The Morgan fingerprint density at radius 1 is 0.800 bits per heavy atom. The predicted octanol–water partition coefficient (Wildman–Crippen LogP) is 3.27. The van der Waals surface area contributed by atoms with Crippen LogP contribution in [0.5, 0.6) is 0 Å². The second kappa shape index (κ2) is 7.19. The van der Waals surface area contributed by atoms with Gasteiger partial charge >= 0.3 is 0 Å². The van der Waals surface area contributed by atoms with Crippen molar-refractivity contribution in [1.82, 2.24) is 4.98 Å². The van der Waals surface area contributed by atoms with Gasteiger partial charge < -0.3 is 10.2 Å². The third-order valence-corrected chi connectivity index (χ3v) is 4.52. The Bertz CT molecular complexity index is 374. The highest BCUT2D eigenvalue weighted by Gasteiger charge is 2.25. The van der Waals surface area contributed by atoms with Gasteiger partial charge in [-0.3, -0.25) is 4.98 Å². The van der Waals surface area contributed by atoms with Crippen LogP contribution in [0.15, 0.2) is 18.2 Å². The Kier molecular flexibility index (Phi) is 6.15. The van der Waals surface area contributed by atoms with E-state index in [4.69, 9.17) is 0 Å². The van der Waals surface area contributed by atoms with E-state index in [9.17, 15) is 10.2 Å². The highest BCUT2D eigenvalue weighted by atomic mass is 16.3. The molecule has 114 valence electrons. The Morgan fingerprint density at radius 2 is 1.15 bits per heavy atom. The lowest BCUT2D eigenvalue weighted by Crippen LogP contribution is -2.31. The Hall–Kier alpha value is -0.930. The fourth-order valence-corrected chi connectivity index (χ4v) is 2.40. The number of hydrogen-bond donors (Lipinski definition) is 2. The smallest absolute Gasteiger partial charge is 0.0697 e. The van der Waals surface area contributed by atoms with E-state index >= 15 is 0 Å². The number of pyridine rings is 1. The lowest BCUT2D eigenvalue weighted by atomic mass is 9.90. The van der Waals surface area contributed by atoms with E-state index in [-0.39, 0.29) is 0 Å². The van der Waals surface area contributed by atoms with Crippen LogP contribution in [-0.4, -0.2) is 26.4 Å². The first kappa shape index (κ1) is 17.1. The van der Waals surface area contributed by atoms with Crippen molar-refractivity contribution in [3.05, 3.63) is 29.6 Å². The molecule has 0 amide bonds. The van der Waals surface area contributed by atoms with E-state index in [0.717, 1.165) is 37.1 Å². The summed E-state index contributed by atoms with van der Waals surface area (Å²) in [6.07, 6.45) is 4.05. The molecule has 20 heavy (non-hydrogen) atoms. The van der Waals surface area contributed by atoms with Gasteiger partial charge in [-0.2, -0.15) is 0 Å². The molecular formula is C17H29NO2. The molecule has 1 aromatic heterocycles. The largest absolute Gasteiger partial charge is 0.390 e. The molecular weight excluding hydrogens is 250 g/mol. The first-order valence-electron chi connectivity index (χ1n) is 7.80. The fraction of sp³-hybridized carbons (Fsp3) is 0.706. The van der Waals surface area contributed by atoms with E-state index in [0.29, 0.717) is 12.8 Å². The summed E-state index contributed by atoms with van der Waals surface area (Å²) >= 11 is 0. The van der Waals surface area contributed by atoms with Crippen LogP contribution >= 0.6 is 0 Å². The maximum Gasteiger partial charge on any atom is 0.0697 e. The lowest BCUT2D eigenvalue weighted by molar-refractivity contribution is 0.0297. The molecule has 0 aliphatic carbocycles. The maximum absolute atomic E-state index is 10.4. The quantitative estimate of drug-likeness (QED) is 0.768. The first-order chi connectivity index (χ1) is 9.40. The van der Waals surface area contributed by atoms with Gasteiger partial charge in [0.15, 0.2) is 0 Å². The summed E-state index contributed by atoms with van der Waals surface area (Å²) < 4.78 is 0. The summed E-state index contributed by atoms with van der Waals surface area (Å²) in [4.78, 5) is 4.61. The molecule has 1 aromatic rings. The van der Waals surface area contributed by atoms with Crippen LogP contribution in [0.4, 0.5) is 0 Å². The topological polar surface area (TPSA) is 53.4 Å². The first-order valence-corrected chi connectivity index (χ1v) is 7.80. The number of rotatable bonds is 8. The van der Waals surface area contributed by atoms with Crippen molar-refractivity contribution in [2.75, 3.05) is 0 Å². The van der Waals surface area contributed by atoms with Gasteiger partial charge in [-0.1, -0.05) is 33.8 Å². The highest BCUT2D eigenvalue weighted by Crippen LogP contribution is 2.22. The zero-order chi connectivity index (χ0) is 15.2. The Morgan fingerprint density at radius 3 is 1.45 bits per heavy atom. The van der Waals surface area contributed by atoms with E-state index in [1.54, 1.807) is 0 Å². The molecule has 0 aliphatic heterocycles. The summed E-state index contributed by atoms with van der Waals surface area (Å²) in [7, 11) is 0. The van der Waals surface area contributed by atoms with Crippen LogP contribution in [0.2, 0.25) is 0 Å². The van der Waals surface area contributed by atoms with Crippen LogP contribution in [0.25, 0.3) is 0 Å². The molecule has 0 saturated heterocycles. The van der Waals surface area contributed by atoms with Crippen molar-refractivity contribution in [3.63, 3.8) is 0 Å². The van der Waals surface area contributed by atoms with Crippen LogP contribution in [-0.2, 0) is 12.8 Å². The maximum atomic E-state index is 10.4. The third kappa shape index (κ3) is 4.57. The van der Waals surface area contributed by atoms with Gasteiger partial charge in [-0.05, 0) is 37.8 Å². The van der Waals surface area contributed by atoms with Crippen molar-refractivity contribution in [1.29, 1.82) is 0 Å². The summed E-state index contributed by atoms with van der Waals surface area (Å²) in [5, 5.41) is 20.8. The monoisotopic (exact) mass is 279 g/mol. The SMILES string of the molecule is CCC(O)(CC)Cc1cccc(CC(O)(CC)CC)n1. The molecule has 0 unspecified atom stereocenters. The fourth-order valence-electron chi connectivity index (χ4n) is 2.40. The van der Waals surface area contributed by atoms with Gasteiger partial charge in [-0.15, -0.1) is 0 Å². The van der Waals surface area contributed by atoms with Crippen molar-refractivity contribution < 1.29 is 10.2 Å². The molecule has 3 nitrogen and oxygen atoms in total. The average Bonchev–Trinajstić information content (AvgIpc) is 2.47. The van der Waals surface area contributed by atoms with Gasteiger partial charge in [-0.25, -0.2) is 0 Å². The Labute approximate surface area is 123 Å². The van der Waals surface area contributed by atoms with E-state index in [1.807, 2.05) is 45.9 Å². The summed E-state index contributed by atoms with van der Waals surface area (Å²) in [5.41, 5.74) is 0.473. The molecule has 0 aliphatic rings. The van der Waals surface area contributed by atoms with E-state index in [1.165, 1.54) is 0 Å². The number of nitrogens with zero attached hydrogens (tertiary/aromatic N) is 1. The van der Waals surface area contributed by atoms with Crippen LogP contribution in [0, 0.1) is 0 Å². The zero-order valence-corrected chi connectivity index (χ0v) is 13.3. The van der Waals surface area contributed by atoms with E-state index < -0.39 is 11.2 Å². The minimum absolute atomic E-state index is 0.574. The molecule has 0 saturated carbocycles. The van der Waals surface area contributed by atoms with Crippen molar-refractivity contribution >= 4 is 0 Å².